The molecule has 0 saturated heterocycles. The average molecular weight is 609 g/mol. The standard InChI is InChI=1S/C25H24BrCl2N5O2S/c1-2-34-23-14-18(12-20(26)24(23)35-16-17-8-9-21(27)22(28)13-17)15-29-10-11-36-25-30-31-32-33(25)19-6-4-3-5-7-19/h3-9,12-14,29H,2,10-11,15-16H2,1H3. The highest BCUT2D eigenvalue weighted by Gasteiger charge is 2.14. The average Bonchev–Trinajstić information content (AvgIpc) is 3.35. The smallest absolute Gasteiger partial charge is 0.214 e. The first-order valence-electron chi connectivity index (χ1n) is 11.2. The normalized spacial score (nSPS) is 11.0. The van der Waals surface area contributed by atoms with Gasteiger partial charge in [-0.1, -0.05) is 59.2 Å². The number of aromatic nitrogens is 4. The molecule has 0 bridgehead atoms. The minimum Gasteiger partial charge on any atom is -0.490 e. The van der Waals surface area contributed by atoms with Crippen molar-refractivity contribution < 1.29 is 9.47 Å². The van der Waals surface area contributed by atoms with Gasteiger partial charge in [-0.15, -0.1) is 5.10 Å². The van der Waals surface area contributed by atoms with Crippen molar-refractivity contribution in [1.82, 2.24) is 25.5 Å². The third-order valence-corrected chi connectivity index (χ3v) is 7.27. The van der Waals surface area contributed by atoms with Gasteiger partial charge in [0.2, 0.25) is 5.16 Å². The molecule has 0 atom stereocenters. The molecule has 0 radical (unpaired) electrons. The number of para-hydroxylation sites is 1. The van der Waals surface area contributed by atoms with Gasteiger partial charge < -0.3 is 14.8 Å². The molecule has 3 aromatic carbocycles. The zero-order valence-corrected chi connectivity index (χ0v) is 23.4. The zero-order valence-electron chi connectivity index (χ0n) is 19.5. The van der Waals surface area contributed by atoms with E-state index < -0.39 is 0 Å². The lowest BCUT2D eigenvalue weighted by Crippen LogP contribution is -2.17. The van der Waals surface area contributed by atoms with Crippen LogP contribution in [0, 0.1) is 0 Å². The number of thioether (sulfide) groups is 1. The number of nitrogens with one attached hydrogen (secondary N) is 1. The Labute approximate surface area is 232 Å². The maximum Gasteiger partial charge on any atom is 0.214 e. The Bertz CT molecular complexity index is 1290. The van der Waals surface area contributed by atoms with Crippen LogP contribution in [0.4, 0.5) is 0 Å². The van der Waals surface area contributed by atoms with Crippen LogP contribution in [0.15, 0.2) is 70.3 Å². The van der Waals surface area contributed by atoms with E-state index in [2.05, 4.69) is 36.8 Å². The van der Waals surface area contributed by atoms with Gasteiger partial charge in [-0.3, -0.25) is 0 Å². The quantitative estimate of drug-likeness (QED) is 0.144. The molecule has 0 aliphatic carbocycles. The number of hydrogen-bond donors (Lipinski definition) is 1. The van der Waals surface area contributed by atoms with Crippen LogP contribution in [0.5, 0.6) is 11.5 Å². The first kappa shape index (κ1) is 26.8. The summed E-state index contributed by atoms with van der Waals surface area (Å²) in [7, 11) is 0. The zero-order chi connectivity index (χ0) is 25.3. The summed E-state index contributed by atoms with van der Waals surface area (Å²) in [6.45, 7) is 4.27. The number of hydrogen-bond acceptors (Lipinski definition) is 7. The van der Waals surface area contributed by atoms with Crippen molar-refractivity contribution in [3.63, 3.8) is 0 Å². The van der Waals surface area contributed by atoms with Gasteiger partial charge in [0.15, 0.2) is 11.5 Å². The van der Waals surface area contributed by atoms with Crippen LogP contribution in [-0.4, -0.2) is 39.1 Å². The molecule has 188 valence electrons. The Hall–Kier alpha value is -2.30. The van der Waals surface area contributed by atoms with E-state index in [0.29, 0.717) is 41.3 Å². The number of ether oxygens (including phenoxy) is 2. The second kappa shape index (κ2) is 13.3. The predicted octanol–water partition coefficient (Wildman–Crippen LogP) is 6.59. The van der Waals surface area contributed by atoms with Gasteiger partial charge in [0.1, 0.15) is 6.61 Å². The molecular formula is C25H24BrCl2N5O2S. The van der Waals surface area contributed by atoms with Gasteiger partial charge in [-0.25, -0.2) is 0 Å². The van der Waals surface area contributed by atoms with Crippen LogP contribution in [0.3, 0.4) is 0 Å². The fourth-order valence-electron chi connectivity index (χ4n) is 3.36. The fraction of sp³-hybridized carbons (Fsp3) is 0.240. The van der Waals surface area contributed by atoms with Crippen LogP contribution in [0.1, 0.15) is 18.1 Å². The summed E-state index contributed by atoms with van der Waals surface area (Å²) in [5.74, 6) is 2.15. The fourth-order valence-corrected chi connectivity index (χ4v) is 5.07. The van der Waals surface area contributed by atoms with Crippen molar-refractivity contribution in [3.8, 4) is 17.2 Å². The molecule has 1 N–H and O–H groups in total. The lowest BCUT2D eigenvalue weighted by atomic mass is 10.2. The molecule has 0 saturated carbocycles. The van der Waals surface area contributed by atoms with Gasteiger partial charge in [-0.05, 0) is 80.8 Å². The van der Waals surface area contributed by atoms with E-state index in [4.69, 9.17) is 32.7 Å². The minimum atomic E-state index is 0.340. The molecule has 36 heavy (non-hydrogen) atoms. The van der Waals surface area contributed by atoms with Crippen molar-refractivity contribution in [1.29, 1.82) is 0 Å². The van der Waals surface area contributed by atoms with E-state index in [0.717, 1.165) is 38.7 Å². The Morgan fingerprint density at radius 1 is 1.00 bits per heavy atom. The third-order valence-electron chi connectivity index (χ3n) is 5.02. The summed E-state index contributed by atoms with van der Waals surface area (Å²) in [6, 6.07) is 19.3. The number of halogens is 3. The summed E-state index contributed by atoms with van der Waals surface area (Å²) >= 11 is 17.4. The summed E-state index contributed by atoms with van der Waals surface area (Å²) in [5.41, 5.74) is 2.93. The van der Waals surface area contributed by atoms with E-state index in [-0.39, 0.29) is 0 Å². The topological polar surface area (TPSA) is 74.1 Å². The largest absolute Gasteiger partial charge is 0.490 e. The van der Waals surface area contributed by atoms with Crippen molar-refractivity contribution in [2.45, 2.75) is 25.2 Å². The van der Waals surface area contributed by atoms with E-state index in [1.807, 2.05) is 55.5 Å². The van der Waals surface area contributed by atoms with Crippen LogP contribution in [0.25, 0.3) is 5.69 Å². The van der Waals surface area contributed by atoms with Gasteiger partial charge in [0.05, 0.1) is 26.8 Å². The van der Waals surface area contributed by atoms with Gasteiger partial charge in [0.25, 0.3) is 0 Å². The molecule has 4 aromatic rings. The van der Waals surface area contributed by atoms with Gasteiger partial charge >= 0.3 is 0 Å². The number of nitrogens with zero attached hydrogens (tertiary/aromatic N) is 4. The molecule has 0 aliphatic heterocycles. The van der Waals surface area contributed by atoms with Crippen molar-refractivity contribution in [3.05, 3.63) is 86.3 Å². The second-order valence-corrected chi connectivity index (χ2v) is 10.3. The Balaban J connectivity index is 1.32. The monoisotopic (exact) mass is 607 g/mol. The van der Waals surface area contributed by atoms with Gasteiger partial charge in [0, 0.05) is 18.8 Å². The molecule has 0 spiro atoms. The molecule has 11 heteroatoms. The van der Waals surface area contributed by atoms with E-state index in [1.54, 1.807) is 28.6 Å². The van der Waals surface area contributed by atoms with Crippen LogP contribution < -0.4 is 14.8 Å². The van der Waals surface area contributed by atoms with Crippen LogP contribution >= 0.6 is 50.9 Å². The highest BCUT2D eigenvalue weighted by Crippen LogP contribution is 2.37. The molecule has 4 rings (SSSR count). The summed E-state index contributed by atoms with van der Waals surface area (Å²) < 4.78 is 14.5. The maximum absolute atomic E-state index is 6.12. The Morgan fingerprint density at radius 2 is 1.83 bits per heavy atom. The molecule has 0 fully saturated rings. The second-order valence-electron chi connectivity index (χ2n) is 7.61. The molecule has 0 unspecified atom stereocenters. The molecule has 0 aliphatic rings. The predicted molar refractivity (Wildman–Crippen MR) is 148 cm³/mol. The maximum atomic E-state index is 6.12. The van der Waals surface area contributed by atoms with Crippen molar-refractivity contribution >= 4 is 50.9 Å². The van der Waals surface area contributed by atoms with Gasteiger partial charge in [-0.2, -0.15) is 4.68 Å². The summed E-state index contributed by atoms with van der Waals surface area (Å²) in [5, 5.41) is 17.3. The lowest BCUT2D eigenvalue weighted by Gasteiger charge is -2.16. The SMILES string of the molecule is CCOc1cc(CNCCSc2nnnn2-c2ccccc2)cc(Br)c1OCc1ccc(Cl)c(Cl)c1. The van der Waals surface area contributed by atoms with E-state index >= 15 is 0 Å². The van der Waals surface area contributed by atoms with Crippen LogP contribution in [-0.2, 0) is 13.2 Å². The molecule has 0 amide bonds. The first-order chi connectivity index (χ1) is 17.5. The summed E-state index contributed by atoms with van der Waals surface area (Å²) in [6.07, 6.45) is 0. The third kappa shape index (κ3) is 7.14. The minimum absolute atomic E-state index is 0.340. The number of tetrazole rings is 1. The Kier molecular flexibility index (Phi) is 9.89. The van der Waals surface area contributed by atoms with Crippen LogP contribution in [0.2, 0.25) is 10.0 Å². The Morgan fingerprint density at radius 3 is 2.61 bits per heavy atom. The highest BCUT2D eigenvalue weighted by molar-refractivity contribution is 9.10. The van der Waals surface area contributed by atoms with Crippen molar-refractivity contribution in [2.75, 3.05) is 18.9 Å². The highest BCUT2D eigenvalue weighted by atomic mass is 79.9. The van der Waals surface area contributed by atoms with Crippen molar-refractivity contribution in [2.24, 2.45) is 0 Å². The lowest BCUT2D eigenvalue weighted by molar-refractivity contribution is 0.267. The van der Waals surface area contributed by atoms with E-state index in [9.17, 15) is 0 Å². The summed E-state index contributed by atoms with van der Waals surface area (Å²) in [4.78, 5) is 0. The molecule has 1 heterocycles. The molecule has 7 nitrogen and oxygen atoms in total. The van der Waals surface area contributed by atoms with E-state index in [1.165, 1.54) is 0 Å². The molecular weight excluding hydrogens is 585 g/mol. The molecule has 1 aromatic heterocycles. The number of rotatable bonds is 12. The number of benzene rings is 3. The first-order valence-corrected chi connectivity index (χ1v) is 13.8.